The molecule has 0 aromatic carbocycles. The Kier molecular flexibility index (Phi) is 7.86. The minimum absolute atomic E-state index is 0.232. The highest BCUT2D eigenvalue weighted by molar-refractivity contribution is 5.80. The Balaban J connectivity index is 1.79. The second-order valence-electron chi connectivity index (χ2n) is 7.71. The van der Waals surface area contributed by atoms with Crippen LogP contribution < -0.4 is 10.6 Å². The van der Waals surface area contributed by atoms with Crippen LogP contribution in [-0.4, -0.2) is 49.5 Å². The predicted molar refractivity (Wildman–Crippen MR) is 100 cm³/mol. The van der Waals surface area contributed by atoms with Gasteiger partial charge in [0.25, 0.3) is 0 Å². The van der Waals surface area contributed by atoms with Gasteiger partial charge in [0.05, 0.1) is 6.54 Å². The average Bonchev–Trinajstić information content (AvgIpc) is 2.57. The van der Waals surface area contributed by atoms with E-state index >= 15 is 0 Å². The molecular weight excluding hydrogens is 300 g/mol. The summed E-state index contributed by atoms with van der Waals surface area (Å²) in [5, 5.41) is 6.49. The summed E-state index contributed by atoms with van der Waals surface area (Å²) in [6.45, 7) is 11.1. The molecule has 1 amide bonds. The van der Waals surface area contributed by atoms with Gasteiger partial charge in [-0.2, -0.15) is 0 Å². The summed E-state index contributed by atoms with van der Waals surface area (Å²) in [7, 11) is 0. The lowest BCUT2D eigenvalue weighted by molar-refractivity contribution is -0.125. The van der Waals surface area contributed by atoms with Crippen LogP contribution in [0, 0.1) is 17.8 Å². The molecule has 2 atom stereocenters. The summed E-state index contributed by atoms with van der Waals surface area (Å²) in [6, 6.07) is 0. The highest BCUT2D eigenvalue weighted by Gasteiger charge is 2.24. The molecular formula is C19H36N4O. The zero-order valence-corrected chi connectivity index (χ0v) is 15.8. The van der Waals surface area contributed by atoms with Gasteiger partial charge in [0, 0.05) is 32.1 Å². The fraction of sp³-hybridized carbons (Fsp3) is 0.895. The van der Waals surface area contributed by atoms with Crippen LogP contribution >= 0.6 is 0 Å². The zero-order valence-electron chi connectivity index (χ0n) is 15.8. The average molecular weight is 337 g/mol. The molecule has 2 unspecified atom stereocenters. The Morgan fingerprint density at radius 1 is 1.08 bits per heavy atom. The number of hydrogen-bond donors (Lipinski definition) is 2. The number of guanidine groups is 1. The minimum Gasteiger partial charge on any atom is -0.357 e. The molecule has 5 heteroatoms. The fourth-order valence-electron chi connectivity index (χ4n) is 4.11. The number of likely N-dealkylation sites (tertiary alicyclic amines) is 1. The summed E-state index contributed by atoms with van der Waals surface area (Å²) in [5.74, 6) is 2.89. The number of hydrogen-bond acceptors (Lipinski definition) is 2. The Labute approximate surface area is 147 Å². The van der Waals surface area contributed by atoms with Crippen molar-refractivity contribution in [2.75, 3.05) is 32.7 Å². The number of amides is 1. The number of carbonyl (C=O) groups excluding carboxylic acids is 1. The molecule has 24 heavy (non-hydrogen) atoms. The van der Waals surface area contributed by atoms with Crippen molar-refractivity contribution in [1.82, 2.24) is 15.5 Å². The van der Waals surface area contributed by atoms with Gasteiger partial charge in [0.15, 0.2) is 5.96 Å². The largest absolute Gasteiger partial charge is 0.357 e. The van der Waals surface area contributed by atoms with Gasteiger partial charge in [-0.15, -0.1) is 0 Å². The molecule has 0 bridgehead atoms. The Morgan fingerprint density at radius 3 is 2.38 bits per heavy atom. The first-order valence-corrected chi connectivity index (χ1v) is 9.91. The van der Waals surface area contributed by atoms with E-state index in [1.807, 2.05) is 0 Å². The number of nitrogens with zero attached hydrogens (tertiary/aromatic N) is 2. The molecule has 138 valence electrons. The van der Waals surface area contributed by atoms with Crippen molar-refractivity contribution >= 4 is 11.9 Å². The molecule has 0 spiro atoms. The maximum atomic E-state index is 12.2. The number of piperidine rings is 1. The molecule has 1 aliphatic carbocycles. The van der Waals surface area contributed by atoms with E-state index in [0.717, 1.165) is 38.4 Å². The first-order chi connectivity index (χ1) is 11.6. The van der Waals surface area contributed by atoms with Gasteiger partial charge in [-0.05, 0) is 38.0 Å². The standard InChI is InChI=1S/C19H36N4O/c1-4-20-19(23-13-15(2)12-16(3)14-23)22-11-10-21-18(24)17-8-6-5-7-9-17/h15-17H,4-14H2,1-3H3,(H,20,22)(H,21,24). The SMILES string of the molecule is CCNC(=NCCNC(=O)C1CCCCC1)N1CC(C)CC(C)C1. The molecule has 2 rings (SSSR count). The lowest BCUT2D eigenvalue weighted by Crippen LogP contribution is -2.48. The van der Waals surface area contributed by atoms with Gasteiger partial charge in [0.1, 0.15) is 0 Å². The molecule has 5 nitrogen and oxygen atoms in total. The maximum Gasteiger partial charge on any atom is 0.223 e. The van der Waals surface area contributed by atoms with Crippen molar-refractivity contribution in [1.29, 1.82) is 0 Å². The van der Waals surface area contributed by atoms with Crippen molar-refractivity contribution in [3.05, 3.63) is 0 Å². The molecule has 1 saturated carbocycles. The van der Waals surface area contributed by atoms with Crippen LogP contribution in [0.15, 0.2) is 4.99 Å². The Hall–Kier alpha value is -1.26. The van der Waals surface area contributed by atoms with Gasteiger partial charge in [-0.1, -0.05) is 33.1 Å². The molecule has 0 aromatic heterocycles. The summed E-state index contributed by atoms with van der Waals surface area (Å²) >= 11 is 0. The maximum absolute atomic E-state index is 12.2. The molecule has 0 aromatic rings. The second kappa shape index (κ2) is 9.90. The quantitative estimate of drug-likeness (QED) is 0.461. The van der Waals surface area contributed by atoms with Gasteiger partial charge >= 0.3 is 0 Å². The van der Waals surface area contributed by atoms with E-state index in [4.69, 9.17) is 4.99 Å². The molecule has 1 heterocycles. The van der Waals surface area contributed by atoms with Crippen molar-refractivity contribution in [2.24, 2.45) is 22.7 Å². The van der Waals surface area contributed by atoms with E-state index in [2.05, 4.69) is 36.3 Å². The van der Waals surface area contributed by atoms with E-state index in [1.54, 1.807) is 0 Å². The van der Waals surface area contributed by atoms with Crippen LogP contribution in [0.3, 0.4) is 0 Å². The zero-order chi connectivity index (χ0) is 17.4. The highest BCUT2D eigenvalue weighted by atomic mass is 16.1. The van der Waals surface area contributed by atoms with E-state index in [-0.39, 0.29) is 11.8 Å². The summed E-state index contributed by atoms with van der Waals surface area (Å²) in [6.07, 6.45) is 7.10. The smallest absolute Gasteiger partial charge is 0.223 e. The Morgan fingerprint density at radius 2 is 1.75 bits per heavy atom. The molecule has 1 saturated heterocycles. The third-order valence-electron chi connectivity index (χ3n) is 5.15. The third kappa shape index (κ3) is 5.99. The van der Waals surface area contributed by atoms with Crippen molar-refractivity contribution in [3.63, 3.8) is 0 Å². The first kappa shape index (κ1) is 19.1. The van der Waals surface area contributed by atoms with Crippen LogP contribution in [0.4, 0.5) is 0 Å². The predicted octanol–water partition coefficient (Wildman–Crippen LogP) is 2.63. The number of rotatable bonds is 5. The lowest BCUT2D eigenvalue weighted by Gasteiger charge is -2.37. The molecule has 2 fully saturated rings. The van der Waals surface area contributed by atoms with Gasteiger partial charge < -0.3 is 15.5 Å². The third-order valence-corrected chi connectivity index (χ3v) is 5.15. The van der Waals surface area contributed by atoms with Gasteiger partial charge in [-0.3, -0.25) is 9.79 Å². The van der Waals surface area contributed by atoms with E-state index < -0.39 is 0 Å². The molecule has 2 N–H and O–H groups in total. The fourth-order valence-corrected chi connectivity index (χ4v) is 4.11. The normalized spacial score (nSPS) is 26.3. The van der Waals surface area contributed by atoms with Crippen molar-refractivity contribution in [3.8, 4) is 0 Å². The van der Waals surface area contributed by atoms with Crippen LogP contribution in [-0.2, 0) is 4.79 Å². The second-order valence-corrected chi connectivity index (χ2v) is 7.71. The molecule has 2 aliphatic rings. The van der Waals surface area contributed by atoms with Crippen LogP contribution in [0.5, 0.6) is 0 Å². The summed E-state index contributed by atoms with van der Waals surface area (Å²) in [5.41, 5.74) is 0. The minimum atomic E-state index is 0.232. The Bertz CT molecular complexity index is 408. The first-order valence-electron chi connectivity index (χ1n) is 9.91. The van der Waals surface area contributed by atoms with E-state index in [0.29, 0.717) is 24.9 Å². The van der Waals surface area contributed by atoms with Gasteiger partial charge in [0.2, 0.25) is 5.91 Å². The topological polar surface area (TPSA) is 56.7 Å². The molecule has 1 aliphatic heterocycles. The van der Waals surface area contributed by atoms with Gasteiger partial charge in [-0.25, -0.2) is 0 Å². The number of nitrogens with one attached hydrogen (secondary N) is 2. The number of carbonyl (C=O) groups is 1. The van der Waals surface area contributed by atoms with E-state index in [1.165, 1.54) is 25.7 Å². The lowest BCUT2D eigenvalue weighted by atomic mass is 9.89. The van der Waals surface area contributed by atoms with Crippen LogP contribution in [0.25, 0.3) is 0 Å². The molecule has 0 radical (unpaired) electrons. The van der Waals surface area contributed by atoms with Crippen LogP contribution in [0.2, 0.25) is 0 Å². The summed E-state index contributed by atoms with van der Waals surface area (Å²) < 4.78 is 0. The summed E-state index contributed by atoms with van der Waals surface area (Å²) in [4.78, 5) is 19.3. The highest BCUT2D eigenvalue weighted by Crippen LogP contribution is 2.23. The van der Waals surface area contributed by atoms with Crippen molar-refractivity contribution < 1.29 is 4.79 Å². The van der Waals surface area contributed by atoms with E-state index in [9.17, 15) is 4.79 Å². The van der Waals surface area contributed by atoms with Crippen LogP contribution in [0.1, 0.15) is 59.3 Å². The monoisotopic (exact) mass is 336 g/mol. The van der Waals surface area contributed by atoms with Crippen molar-refractivity contribution in [2.45, 2.75) is 59.3 Å². The number of aliphatic imine (C=N–C) groups is 1.